The third-order valence-corrected chi connectivity index (χ3v) is 3.58. The van der Waals surface area contributed by atoms with E-state index in [0.717, 1.165) is 22.7 Å². The minimum absolute atomic E-state index is 0.0743. The van der Waals surface area contributed by atoms with Crippen LogP contribution in [0.5, 0.6) is 0 Å². The molecule has 0 aliphatic carbocycles. The lowest BCUT2D eigenvalue weighted by atomic mass is 10.2. The summed E-state index contributed by atoms with van der Waals surface area (Å²) in [6.07, 6.45) is 2.45. The molecule has 1 heterocycles. The first-order valence-corrected chi connectivity index (χ1v) is 6.81. The number of rotatable bonds is 6. The molecule has 0 spiro atoms. The SMILES string of the molecule is N#Cc1c2ccccc2cn1C(CO)CCSN=O. The van der Waals surface area contributed by atoms with Crippen LogP contribution in [0.25, 0.3) is 10.8 Å². The van der Waals surface area contributed by atoms with Crippen molar-refractivity contribution in [3.8, 4) is 6.07 Å². The quantitative estimate of drug-likeness (QED) is 0.499. The van der Waals surface area contributed by atoms with Gasteiger partial charge in [0.25, 0.3) is 0 Å². The highest BCUT2D eigenvalue weighted by molar-refractivity contribution is 7.97. The molecular weight excluding hydrogens is 262 g/mol. The molecule has 0 amide bonds. The summed E-state index contributed by atoms with van der Waals surface area (Å²) in [4.78, 5) is 10.1. The summed E-state index contributed by atoms with van der Waals surface area (Å²) in [5.74, 6) is 0.522. The normalized spacial score (nSPS) is 12.2. The Morgan fingerprint density at radius 3 is 2.95 bits per heavy atom. The van der Waals surface area contributed by atoms with Crippen molar-refractivity contribution in [3.05, 3.63) is 41.1 Å². The standard InChI is InChI=1S/C13H13N3O2S/c14-7-13-12-4-2-1-3-10(12)8-16(13)11(9-17)5-6-19-15-18/h1-4,8,11,17H,5-6,9H2. The maximum Gasteiger partial charge on any atom is 0.128 e. The van der Waals surface area contributed by atoms with Gasteiger partial charge in [0.2, 0.25) is 0 Å². The van der Waals surface area contributed by atoms with Crippen molar-refractivity contribution in [1.29, 1.82) is 5.26 Å². The number of fused-ring (bicyclic) bond motifs is 1. The third-order valence-electron chi connectivity index (χ3n) is 3.06. The molecule has 1 aromatic heterocycles. The van der Waals surface area contributed by atoms with Crippen molar-refractivity contribution in [2.45, 2.75) is 12.5 Å². The van der Waals surface area contributed by atoms with E-state index in [9.17, 15) is 15.3 Å². The van der Waals surface area contributed by atoms with Gasteiger partial charge in [0.15, 0.2) is 0 Å². The first-order chi connectivity index (χ1) is 9.31. The van der Waals surface area contributed by atoms with Crippen molar-refractivity contribution >= 4 is 22.7 Å². The van der Waals surface area contributed by atoms with Gasteiger partial charge in [0, 0.05) is 39.3 Å². The second kappa shape index (κ2) is 6.36. The summed E-state index contributed by atoms with van der Waals surface area (Å²) >= 11 is 0.929. The van der Waals surface area contributed by atoms with Crippen molar-refractivity contribution < 1.29 is 5.11 Å². The molecule has 0 aliphatic heterocycles. The summed E-state index contributed by atoms with van der Waals surface area (Å²) < 4.78 is 4.52. The van der Waals surface area contributed by atoms with Crippen molar-refractivity contribution in [3.63, 3.8) is 0 Å². The molecule has 5 nitrogen and oxygen atoms in total. The smallest absolute Gasteiger partial charge is 0.128 e. The van der Waals surface area contributed by atoms with Gasteiger partial charge in [-0.1, -0.05) is 24.3 Å². The highest BCUT2D eigenvalue weighted by atomic mass is 32.2. The van der Waals surface area contributed by atoms with Gasteiger partial charge in [-0.15, -0.1) is 4.91 Å². The summed E-state index contributed by atoms with van der Waals surface area (Å²) in [7, 11) is 0. The van der Waals surface area contributed by atoms with E-state index in [4.69, 9.17) is 0 Å². The molecule has 2 rings (SSSR count). The number of aliphatic hydroxyl groups excluding tert-OH is 1. The molecular formula is C13H13N3O2S. The Hall–Kier alpha value is -1.84. The molecule has 1 aromatic carbocycles. The zero-order valence-electron chi connectivity index (χ0n) is 10.2. The van der Waals surface area contributed by atoms with Crippen LogP contribution < -0.4 is 0 Å². The molecule has 0 radical (unpaired) electrons. The maximum absolute atomic E-state index is 10.1. The van der Waals surface area contributed by atoms with Crippen LogP contribution in [-0.2, 0) is 0 Å². The van der Waals surface area contributed by atoms with Crippen LogP contribution in [0, 0.1) is 16.2 Å². The van der Waals surface area contributed by atoms with E-state index in [2.05, 4.69) is 10.7 Å². The molecule has 0 saturated carbocycles. The van der Waals surface area contributed by atoms with E-state index >= 15 is 0 Å². The highest BCUT2D eigenvalue weighted by Gasteiger charge is 2.16. The predicted molar refractivity (Wildman–Crippen MR) is 75.6 cm³/mol. The second-order valence-electron chi connectivity index (χ2n) is 4.12. The number of hydrogen-bond acceptors (Lipinski definition) is 5. The molecule has 0 fully saturated rings. The van der Waals surface area contributed by atoms with Gasteiger partial charge in [-0.2, -0.15) is 5.26 Å². The Kier molecular flexibility index (Phi) is 4.55. The number of nitroso groups, excluding NO2 is 1. The molecule has 0 saturated heterocycles. The van der Waals surface area contributed by atoms with Crippen LogP contribution in [0.3, 0.4) is 0 Å². The fraction of sp³-hybridized carbons (Fsp3) is 0.308. The predicted octanol–water partition coefficient (Wildman–Crippen LogP) is 2.85. The Bertz CT molecular complexity index is 618. The van der Waals surface area contributed by atoms with Crippen LogP contribution in [0.2, 0.25) is 0 Å². The monoisotopic (exact) mass is 275 g/mol. The third kappa shape index (κ3) is 2.78. The molecule has 6 heteroatoms. The largest absolute Gasteiger partial charge is 0.394 e. The van der Waals surface area contributed by atoms with E-state index in [1.54, 1.807) is 4.57 Å². The summed E-state index contributed by atoms with van der Waals surface area (Å²) in [5.41, 5.74) is 0.540. The van der Waals surface area contributed by atoms with E-state index in [1.807, 2.05) is 30.5 Å². The molecule has 1 N–H and O–H groups in total. The molecule has 19 heavy (non-hydrogen) atoms. The number of nitrogens with zero attached hydrogens (tertiary/aromatic N) is 3. The topological polar surface area (TPSA) is 78.4 Å². The van der Waals surface area contributed by atoms with Crippen molar-refractivity contribution in [2.24, 2.45) is 4.58 Å². The summed E-state index contributed by atoms with van der Waals surface area (Å²) in [6, 6.07) is 9.59. The van der Waals surface area contributed by atoms with E-state index in [0.29, 0.717) is 17.9 Å². The van der Waals surface area contributed by atoms with Crippen LogP contribution in [-0.4, -0.2) is 22.0 Å². The Labute approximate surface area is 114 Å². The summed E-state index contributed by atoms with van der Waals surface area (Å²) in [5, 5.41) is 20.6. The molecule has 2 aromatic rings. The lowest BCUT2D eigenvalue weighted by molar-refractivity contribution is 0.225. The zero-order valence-corrected chi connectivity index (χ0v) is 11.0. The van der Waals surface area contributed by atoms with Crippen molar-refractivity contribution in [2.75, 3.05) is 12.4 Å². The molecule has 98 valence electrons. The number of aliphatic hydroxyl groups is 1. The average molecular weight is 275 g/mol. The minimum Gasteiger partial charge on any atom is -0.394 e. The molecule has 1 unspecified atom stereocenters. The van der Waals surface area contributed by atoms with Gasteiger partial charge in [-0.05, 0) is 6.42 Å². The van der Waals surface area contributed by atoms with Gasteiger partial charge < -0.3 is 9.67 Å². The number of nitriles is 1. The van der Waals surface area contributed by atoms with Crippen LogP contribution >= 0.6 is 11.9 Å². The molecule has 0 bridgehead atoms. The van der Waals surface area contributed by atoms with Gasteiger partial charge in [-0.25, -0.2) is 0 Å². The number of hydrogen-bond donors (Lipinski definition) is 1. The summed E-state index contributed by atoms with van der Waals surface area (Å²) in [6.45, 7) is -0.0743. The average Bonchev–Trinajstić information content (AvgIpc) is 2.82. The Morgan fingerprint density at radius 2 is 2.26 bits per heavy atom. The van der Waals surface area contributed by atoms with Gasteiger partial charge >= 0.3 is 0 Å². The zero-order chi connectivity index (χ0) is 13.7. The van der Waals surface area contributed by atoms with Gasteiger partial charge in [0.1, 0.15) is 11.8 Å². The lowest BCUT2D eigenvalue weighted by Crippen LogP contribution is -2.14. The van der Waals surface area contributed by atoms with Crippen LogP contribution in [0.4, 0.5) is 0 Å². The Morgan fingerprint density at radius 1 is 1.47 bits per heavy atom. The van der Waals surface area contributed by atoms with E-state index < -0.39 is 0 Å². The van der Waals surface area contributed by atoms with E-state index in [1.165, 1.54) is 0 Å². The minimum atomic E-state index is -0.212. The fourth-order valence-electron chi connectivity index (χ4n) is 2.13. The van der Waals surface area contributed by atoms with Gasteiger partial charge in [-0.3, -0.25) is 0 Å². The van der Waals surface area contributed by atoms with Crippen LogP contribution in [0.1, 0.15) is 18.2 Å². The first kappa shape index (κ1) is 13.6. The van der Waals surface area contributed by atoms with Crippen LogP contribution in [0.15, 0.2) is 35.0 Å². The van der Waals surface area contributed by atoms with Gasteiger partial charge in [0.05, 0.1) is 12.6 Å². The fourth-order valence-corrected chi connectivity index (χ4v) is 2.58. The number of aromatic nitrogens is 1. The lowest BCUT2D eigenvalue weighted by Gasteiger charge is -2.16. The molecule has 1 atom stereocenters. The highest BCUT2D eigenvalue weighted by Crippen LogP contribution is 2.26. The molecule has 0 aliphatic rings. The maximum atomic E-state index is 10.1. The Balaban J connectivity index is 2.36. The first-order valence-electron chi connectivity index (χ1n) is 5.87. The second-order valence-corrected chi connectivity index (χ2v) is 4.93. The van der Waals surface area contributed by atoms with E-state index in [-0.39, 0.29) is 12.6 Å². The number of benzene rings is 1. The van der Waals surface area contributed by atoms with Crippen molar-refractivity contribution in [1.82, 2.24) is 4.57 Å².